The van der Waals surface area contributed by atoms with Crippen LogP contribution in [0.4, 0.5) is 0 Å². The van der Waals surface area contributed by atoms with E-state index >= 15 is 0 Å². The minimum absolute atomic E-state index is 0.250. The first-order chi connectivity index (χ1) is 5.56. The van der Waals surface area contributed by atoms with Crippen molar-refractivity contribution in [2.75, 3.05) is 7.11 Å². The summed E-state index contributed by atoms with van der Waals surface area (Å²) >= 11 is 0. The molecule has 2 heteroatoms. The molecule has 2 unspecified atom stereocenters. The highest BCUT2D eigenvalue weighted by Crippen LogP contribution is 2.08. The van der Waals surface area contributed by atoms with Crippen LogP contribution in [0.2, 0.25) is 0 Å². The number of nitrogens with two attached hydrogens (primary N) is 1. The zero-order valence-electron chi connectivity index (χ0n) is 8.47. The molecule has 12 heavy (non-hydrogen) atoms. The van der Waals surface area contributed by atoms with E-state index in [0.29, 0.717) is 6.10 Å². The van der Waals surface area contributed by atoms with E-state index < -0.39 is 0 Å². The summed E-state index contributed by atoms with van der Waals surface area (Å²) in [4.78, 5) is 0. The van der Waals surface area contributed by atoms with Gasteiger partial charge in [0.25, 0.3) is 0 Å². The Morgan fingerprint density at radius 1 is 1.50 bits per heavy atom. The summed E-state index contributed by atoms with van der Waals surface area (Å²) in [6.45, 7) is 7.91. The summed E-state index contributed by atoms with van der Waals surface area (Å²) < 4.78 is 5.13. The van der Waals surface area contributed by atoms with E-state index in [4.69, 9.17) is 10.5 Å². The molecule has 0 aromatic heterocycles. The van der Waals surface area contributed by atoms with Crippen molar-refractivity contribution >= 4 is 0 Å². The Kier molecular flexibility index (Phi) is 6.03. The predicted molar refractivity (Wildman–Crippen MR) is 53.1 cm³/mol. The molecule has 2 atom stereocenters. The van der Waals surface area contributed by atoms with Gasteiger partial charge >= 0.3 is 0 Å². The second-order valence-corrected chi connectivity index (χ2v) is 3.54. The monoisotopic (exact) mass is 171 g/mol. The first-order valence-corrected chi connectivity index (χ1v) is 4.49. The topological polar surface area (TPSA) is 35.2 Å². The van der Waals surface area contributed by atoms with Crippen LogP contribution >= 0.6 is 0 Å². The fourth-order valence-electron chi connectivity index (χ4n) is 1.12. The Labute approximate surface area is 75.8 Å². The largest absolute Gasteiger partial charge is 0.382 e. The molecule has 0 bridgehead atoms. The summed E-state index contributed by atoms with van der Waals surface area (Å²) in [6.07, 6.45) is 3.30. The number of methoxy groups -OCH3 is 1. The highest BCUT2D eigenvalue weighted by atomic mass is 16.5. The van der Waals surface area contributed by atoms with Gasteiger partial charge in [0, 0.05) is 13.2 Å². The summed E-state index contributed by atoms with van der Waals surface area (Å²) in [6, 6.07) is 0.250. The van der Waals surface area contributed by atoms with Crippen LogP contribution in [0, 0.1) is 0 Å². The molecule has 0 saturated heterocycles. The lowest BCUT2D eigenvalue weighted by atomic mass is 10.0. The van der Waals surface area contributed by atoms with Crippen molar-refractivity contribution in [1.29, 1.82) is 0 Å². The van der Waals surface area contributed by atoms with Crippen molar-refractivity contribution in [3.63, 3.8) is 0 Å². The normalized spacial score (nSPS) is 15.7. The van der Waals surface area contributed by atoms with Gasteiger partial charge in [-0.2, -0.15) is 0 Å². The lowest BCUT2D eigenvalue weighted by Gasteiger charge is -2.14. The predicted octanol–water partition coefficient (Wildman–Crippen LogP) is 2.09. The Hall–Kier alpha value is -0.340. The fraction of sp³-hybridized carbons (Fsp3) is 0.800. The first-order valence-electron chi connectivity index (χ1n) is 4.49. The van der Waals surface area contributed by atoms with Gasteiger partial charge < -0.3 is 10.5 Å². The van der Waals surface area contributed by atoms with E-state index in [2.05, 4.69) is 13.5 Å². The Morgan fingerprint density at radius 2 is 2.08 bits per heavy atom. The minimum atomic E-state index is 0.250. The van der Waals surface area contributed by atoms with Crippen molar-refractivity contribution in [3.05, 3.63) is 12.2 Å². The molecule has 0 amide bonds. The molecule has 72 valence electrons. The minimum Gasteiger partial charge on any atom is -0.382 e. The number of ether oxygens (including phenoxy) is 1. The SMILES string of the molecule is C=C(C)CC(N)CCC(C)OC. The van der Waals surface area contributed by atoms with E-state index in [1.165, 1.54) is 0 Å². The Morgan fingerprint density at radius 3 is 2.50 bits per heavy atom. The van der Waals surface area contributed by atoms with Crippen molar-refractivity contribution in [1.82, 2.24) is 0 Å². The second kappa shape index (κ2) is 6.21. The molecule has 2 nitrogen and oxygen atoms in total. The standard InChI is InChI=1S/C10H21NO/c1-8(2)7-10(11)6-5-9(3)12-4/h9-10H,1,5-7,11H2,2-4H3. The van der Waals surface area contributed by atoms with E-state index in [-0.39, 0.29) is 6.04 Å². The van der Waals surface area contributed by atoms with Crippen molar-refractivity contribution in [2.24, 2.45) is 5.73 Å². The third kappa shape index (κ3) is 6.38. The molecule has 0 aromatic carbocycles. The first kappa shape index (κ1) is 11.7. The Bertz CT molecular complexity index is 134. The van der Waals surface area contributed by atoms with Gasteiger partial charge in [0.1, 0.15) is 0 Å². The molecule has 0 fully saturated rings. The average Bonchev–Trinajstić information content (AvgIpc) is 1.99. The third-order valence-electron chi connectivity index (χ3n) is 1.96. The van der Waals surface area contributed by atoms with Crippen LogP contribution in [0.5, 0.6) is 0 Å². The van der Waals surface area contributed by atoms with E-state index in [0.717, 1.165) is 24.8 Å². The van der Waals surface area contributed by atoms with Gasteiger partial charge in [-0.25, -0.2) is 0 Å². The number of rotatable bonds is 6. The molecular formula is C10H21NO. The lowest BCUT2D eigenvalue weighted by molar-refractivity contribution is 0.107. The quantitative estimate of drug-likeness (QED) is 0.621. The smallest absolute Gasteiger partial charge is 0.0543 e. The van der Waals surface area contributed by atoms with E-state index in [9.17, 15) is 0 Å². The fourth-order valence-corrected chi connectivity index (χ4v) is 1.12. The molecule has 0 rings (SSSR count). The zero-order valence-corrected chi connectivity index (χ0v) is 8.47. The molecule has 0 aliphatic carbocycles. The zero-order chi connectivity index (χ0) is 9.56. The molecule has 0 heterocycles. The van der Waals surface area contributed by atoms with Crippen LogP contribution in [0.15, 0.2) is 12.2 Å². The van der Waals surface area contributed by atoms with E-state index in [1.54, 1.807) is 7.11 Å². The molecule has 0 aromatic rings. The maximum atomic E-state index is 5.86. The molecule has 0 saturated carbocycles. The summed E-state index contributed by atoms with van der Waals surface area (Å²) in [5.41, 5.74) is 7.02. The summed E-state index contributed by atoms with van der Waals surface area (Å²) in [5.74, 6) is 0. The molecule has 0 spiro atoms. The lowest BCUT2D eigenvalue weighted by Crippen LogP contribution is -2.22. The highest BCUT2D eigenvalue weighted by molar-refractivity contribution is 4.91. The number of hydrogen-bond acceptors (Lipinski definition) is 2. The Balaban J connectivity index is 3.43. The van der Waals surface area contributed by atoms with Crippen LogP contribution in [0.25, 0.3) is 0 Å². The van der Waals surface area contributed by atoms with Crippen molar-refractivity contribution in [2.45, 2.75) is 45.3 Å². The van der Waals surface area contributed by atoms with Gasteiger partial charge in [-0.05, 0) is 33.1 Å². The second-order valence-electron chi connectivity index (χ2n) is 3.54. The van der Waals surface area contributed by atoms with E-state index in [1.807, 2.05) is 6.92 Å². The van der Waals surface area contributed by atoms with Crippen molar-refractivity contribution < 1.29 is 4.74 Å². The van der Waals surface area contributed by atoms with Gasteiger partial charge in [0.2, 0.25) is 0 Å². The van der Waals surface area contributed by atoms with Gasteiger partial charge in [0.15, 0.2) is 0 Å². The average molecular weight is 171 g/mol. The van der Waals surface area contributed by atoms with Crippen LogP contribution < -0.4 is 5.73 Å². The van der Waals surface area contributed by atoms with Crippen LogP contribution in [-0.2, 0) is 4.74 Å². The van der Waals surface area contributed by atoms with Gasteiger partial charge in [-0.15, -0.1) is 6.58 Å². The van der Waals surface area contributed by atoms with Crippen molar-refractivity contribution in [3.8, 4) is 0 Å². The van der Waals surface area contributed by atoms with Crippen LogP contribution in [0.1, 0.15) is 33.1 Å². The maximum absolute atomic E-state index is 5.86. The van der Waals surface area contributed by atoms with Gasteiger partial charge in [-0.1, -0.05) is 5.57 Å². The molecule has 0 aliphatic heterocycles. The number of hydrogen-bond donors (Lipinski definition) is 1. The summed E-state index contributed by atoms with van der Waals surface area (Å²) in [7, 11) is 1.73. The summed E-state index contributed by atoms with van der Waals surface area (Å²) in [5, 5.41) is 0. The van der Waals surface area contributed by atoms with Gasteiger partial charge in [0.05, 0.1) is 6.10 Å². The van der Waals surface area contributed by atoms with Gasteiger partial charge in [-0.3, -0.25) is 0 Å². The third-order valence-corrected chi connectivity index (χ3v) is 1.96. The van der Waals surface area contributed by atoms with Crippen LogP contribution in [0.3, 0.4) is 0 Å². The molecular weight excluding hydrogens is 150 g/mol. The maximum Gasteiger partial charge on any atom is 0.0543 e. The molecule has 0 aliphatic rings. The highest BCUT2D eigenvalue weighted by Gasteiger charge is 2.05. The van der Waals surface area contributed by atoms with Crippen LogP contribution in [-0.4, -0.2) is 19.3 Å². The molecule has 2 N–H and O–H groups in total. The molecule has 0 radical (unpaired) electrons.